The Labute approximate surface area is 139 Å². The molecule has 1 heterocycles. The lowest BCUT2D eigenvalue weighted by molar-refractivity contribution is 0.0624. The molecule has 0 amide bonds. The van der Waals surface area contributed by atoms with E-state index >= 15 is 0 Å². The zero-order chi connectivity index (χ0) is 16.9. The van der Waals surface area contributed by atoms with Gasteiger partial charge in [0.25, 0.3) is 0 Å². The van der Waals surface area contributed by atoms with Gasteiger partial charge in [-0.05, 0) is 36.8 Å². The summed E-state index contributed by atoms with van der Waals surface area (Å²) < 4.78 is 16.2. The number of hydrogen-bond acceptors (Lipinski definition) is 5. The number of aliphatic hydroxyl groups excluding tert-OH is 1. The molecule has 24 heavy (non-hydrogen) atoms. The van der Waals surface area contributed by atoms with Gasteiger partial charge in [-0.3, -0.25) is 0 Å². The van der Waals surface area contributed by atoms with Crippen molar-refractivity contribution >= 4 is 11.0 Å². The smallest absolute Gasteiger partial charge is 0.336 e. The van der Waals surface area contributed by atoms with Crippen molar-refractivity contribution in [1.29, 1.82) is 0 Å². The summed E-state index contributed by atoms with van der Waals surface area (Å²) in [6, 6.07) is 15.9. The SMILES string of the molecule is Cc1ccccc1OCC(O)COc1ccc2ccc(=O)oc2c1. The first-order valence-electron chi connectivity index (χ1n) is 7.65. The summed E-state index contributed by atoms with van der Waals surface area (Å²) in [7, 11) is 0. The van der Waals surface area contributed by atoms with Crippen molar-refractivity contribution in [2.45, 2.75) is 13.0 Å². The minimum atomic E-state index is -0.775. The molecule has 0 aliphatic heterocycles. The van der Waals surface area contributed by atoms with E-state index in [0.717, 1.165) is 16.7 Å². The third-order valence-corrected chi connectivity index (χ3v) is 3.56. The van der Waals surface area contributed by atoms with Crippen molar-refractivity contribution in [1.82, 2.24) is 0 Å². The Kier molecular flexibility index (Phi) is 4.82. The highest BCUT2D eigenvalue weighted by atomic mass is 16.5. The molecule has 0 spiro atoms. The fraction of sp³-hybridized carbons (Fsp3) is 0.211. The lowest BCUT2D eigenvalue weighted by Gasteiger charge is -2.14. The number of ether oxygens (including phenoxy) is 2. The van der Waals surface area contributed by atoms with Crippen LogP contribution in [0.5, 0.6) is 11.5 Å². The molecule has 1 atom stereocenters. The van der Waals surface area contributed by atoms with E-state index in [1.807, 2.05) is 31.2 Å². The van der Waals surface area contributed by atoms with Crippen molar-refractivity contribution < 1.29 is 19.0 Å². The molecule has 124 valence electrons. The van der Waals surface area contributed by atoms with Crippen LogP contribution >= 0.6 is 0 Å². The summed E-state index contributed by atoms with van der Waals surface area (Å²) in [4.78, 5) is 11.2. The number of fused-ring (bicyclic) bond motifs is 1. The van der Waals surface area contributed by atoms with E-state index in [0.29, 0.717) is 11.3 Å². The van der Waals surface area contributed by atoms with Crippen LogP contribution in [0.2, 0.25) is 0 Å². The monoisotopic (exact) mass is 326 g/mol. The number of hydrogen-bond donors (Lipinski definition) is 1. The fourth-order valence-electron chi connectivity index (χ4n) is 2.28. The average Bonchev–Trinajstić information content (AvgIpc) is 2.59. The lowest BCUT2D eigenvalue weighted by Crippen LogP contribution is -2.25. The van der Waals surface area contributed by atoms with Crippen LogP contribution in [0.1, 0.15) is 5.56 Å². The molecule has 0 radical (unpaired) electrons. The zero-order valence-corrected chi connectivity index (χ0v) is 13.3. The first kappa shape index (κ1) is 16.1. The number of aliphatic hydroxyl groups is 1. The zero-order valence-electron chi connectivity index (χ0n) is 13.3. The average molecular weight is 326 g/mol. The highest BCUT2D eigenvalue weighted by Gasteiger charge is 2.08. The van der Waals surface area contributed by atoms with Gasteiger partial charge in [-0.25, -0.2) is 4.79 Å². The molecule has 2 aromatic carbocycles. The van der Waals surface area contributed by atoms with Crippen LogP contribution in [0.15, 0.2) is 63.8 Å². The molecule has 0 fully saturated rings. The van der Waals surface area contributed by atoms with E-state index in [9.17, 15) is 9.90 Å². The highest BCUT2D eigenvalue weighted by Crippen LogP contribution is 2.20. The van der Waals surface area contributed by atoms with Crippen LogP contribution in [-0.2, 0) is 0 Å². The molecule has 5 nitrogen and oxygen atoms in total. The van der Waals surface area contributed by atoms with Gasteiger partial charge in [-0.2, -0.15) is 0 Å². The summed E-state index contributed by atoms with van der Waals surface area (Å²) in [5, 5.41) is 10.8. The standard InChI is InChI=1S/C19H18O5/c1-13-4-2-3-5-17(13)23-12-15(20)11-22-16-8-6-14-7-9-19(21)24-18(14)10-16/h2-10,15,20H,11-12H2,1H3. The van der Waals surface area contributed by atoms with E-state index in [2.05, 4.69) is 0 Å². The second-order valence-corrected chi connectivity index (χ2v) is 5.50. The maximum atomic E-state index is 11.2. The molecule has 5 heteroatoms. The van der Waals surface area contributed by atoms with E-state index in [1.54, 1.807) is 24.3 Å². The Hall–Kier alpha value is -2.79. The topological polar surface area (TPSA) is 68.9 Å². The van der Waals surface area contributed by atoms with Crippen LogP contribution in [-0.4, -0.2) is 24.4 Å². The molecule has 1 unspecified atom stereocenters. The van der Waals surface area contributed by atoms with E-state index < -0.39 is 11.7 Å². The predicted molar refractivity (Wildman–Crippen MR) is 90.7 cm³/mol. The largest absolute Gasteiger partial charge is 0.491 e. The Balaban J connectivity index is 1.57. The van der Waals surface area contributed by atoms with Gasteiger partial charge >= 0.3 is 5.63 Å². The second-order valence-electron chi connectivity index (χ2n) is 5.50. The Bertz CT molecular complexity index is 884. The summed E-state index contributed by atoms with van der Waals surface area (Å²) in [5.41, 5.74) is 1.05. The van der Waals surface area contributed by atoms with Crippen LogP contribution < -0.4 is 15.1 Å². The van der Waals surface area contributed by atoms with Crippen molar-refractivity contribution in [3.8, 4) is 11.5 Å². The van der Waals surface area contributed by atoms with Gasteiger partial charge in [0.2, 0.25) is 0 Å². The van der Waals surface area contributed by atoms with Gasteiger partial charge in [0, 0.05) is 17.5 Å². The van der Waals surface area contributed by atoms with E-state index in [-0.39, 0.29) is 13.2 Å². The third kappa shape index (κ3) is 3.94. The van der Waals surface area contributed by atoms with Crippen molar-refractivity contribution in [2.24, 2.45) is 0 Å². The number of rotatable bonds is 6. The molecule has 0 saturated heterocycles. The molecular formula is C19H18O5. The van der Waals surface area contributed by atoms with Gasteiger partial charge < -0.3 is 19.0 Å². The fourth-order valence-corrected chi connectivity index (χ4v) is 2.28. The molecule has 0 bridgehead atoms. The van der Waals surface area contributed by atoms with Gasteiger partial charge in [-0.1, -0.05) is 18.2 Å². The van der Waals surface area contributed by atoms with Gasteiger partial charge in [0.15, 0.2) is 0 Å². The summed E-state index contributed by atoms with van der Waals surface area (Å²) >= 11 is 0. The summed E-state index contributed by atoms with van der Waals surface area (Å²) in [6.45, 7) is 2.16. The molecular weight excluding hydrogens is 308 g/mol. The highest BCUT2D eigenvalue weighted by molar-refractivity contribution is 5.77. The number of benzene rings is 2. The summed E-state index contributed by atoms with van der Waals surface area (Å²) in [5.74, 6) is 1.26. The van der Waals surface area contributed by atoms with E-state index in [4.69, 9.17) is 13.9 Å². The Morgan fingerprint density at radius 2 is 1.79 bits per heavy atom. The maximum Gasteiger partial charge on any atom is 0.336 e. The number of aryl methyl sites for hydroxylation is 1. The molecule has 0 saturated carbocycles. The lowest BCUT2D eigenvalue weighted by atomic mass is 10.2. The predicted octanol–water partition coefficient (Wildman–Crippen LogP) is 2.92. The van der Waals surface area contributed by atoms with Gasteiger partial charge in [-0.15, -0.1) is 0 Å². The second kappa shape index (κ2) is 7.19. The number of para-hydroxylation sites is 1. The van der Waals surface area contributed by atoms with Crippen molar-refractivity contribution in [3.05, 3.63) is 70.6 Å². The molecule has 3 rings (SSSR count). The Morgan fingerprint density at radius 3 is 2.62 bits per heavy atom. The molecule has 0 aliphatic carbocycles. The maximum absolute atomic E-state index is 11.2. The van der Waals surface area contributed by atoms with Crippen molar-refractivity contribution in [3.63, 3.8) is 0 Å². The first-order chi connectivity index (χ1) is 11.6. The van der Waals surface area contributed by atoms with Crippen LogP contribution in [0.3, 0.4) is 0 Å². The normalized spacial score (nSPS) is 12.1. The van der Waals surface area contributed by atoms with Crippen LogP contribution in [0, 0.1) is 6.92 Å². The van der Waals surface area contributed by atoms with Crippen LogP contribution in [0.25, 0.3) is 11.0 Å². The van der Waals surface area contributed by atoms with Crippen LogP contribution in [0.4, 0.5) is 0 Å². The minimum absolute atomic E-state index is 0.0778. The van der Waals surface area contributed by atoms with Gasteiger partial charge in [0.1, 0.15) is 36.4 Å². The van der Waals surface area contributed by atoms with Gasteiger partial charge in [0.05, 0.1) is 0 Å². The Morgan fingerprint density at radius 1 is 1.04 bits per heavy atom. The summed E-state index contributed by atoms with van der Waals surface area (Å²) in [6.07, 6.45) is -0.775. The molecule has 1 aromatic heterocycles. The third-order valence-electron chi connectivity index (χ3n) is 3.56. The quantitative estimate of drug-likeness (QED) is 0.705. The first-order valence-corrected chi connectivity index (χ1v) is 7.65. The molecule has 3 aromatic rings. The van der Waals surface area contributed by atoms with Crippen molar-refractivity contribution in [2.75, 3.05) is 13.2 Å². The molecule has 0 aliphatic rings. The minimum Gasteiger partial charge on any atom is -0.491 e. The molecule has 1 N–H and O–H groups in total. The van der Waals surface area contributed by atoms with E-state index in [1.165, 1.54) is 6.07 Å².